The number of aliphatic hydroxyl groups excluding tert-OH is 1. The van der Waals surface area contributed by atoms with E-state index < -0.39 is 6.10 Å². The molecule has 1 heterocycles. The molecule has 1 aliphatic heterocycles. The highest BCUT2D eigenvalue weighted by Crippen LogP contribution is 2.45. The molecule has 3 rings (SSSR count). The topological polar surface area (TPSA) is 46.5 Å². The molecule has 1 saturated carbocycles. The van der Waals surface area contributed by atoms with Crippen molar-refractivity contribution in [2.75, 3.05) is 0 Å². The molecule has 0 aromatic heterocycles. The van der Waals surface area contributed by atoms with Gasteiger partial charge < -0.3 is 9.84 Å². The second kappa shape index (κ2) is 6.66. The van der Waals surface area contributed by atoms with Crippen molar-refractivity contribution in [1.29, 1.82) is 0 Å². The number of aryl methyl sites for hydroxylation is 1. The predicted octanol–water partition coefficient (Wildman–Crippen LogP) is 3.12. The summed E-state index contributed by atoms with van der Waals surface area (Å²) in [5.41, 5.74) is 1.25. The van der Waals surface area contributed by atoms with Crippen LogP contribution in [0.4, 0.5) is 0 Å². The maximum atomic E-state index is 11.4. The van der Waals surface area contributed by atoms with Crippen LogP contribution in [0.25, 0.3) is 0 Å². The first kappa shape index (κ1) is 15.3. The van der Waals surface area contributed by atoms with E-state index >= 15 is 0 Å². The highest BCUT2D eigenvalue weighted by atomic mass is 16.6. The molecule has 3 heteroatoms. The van der Waals surface area contributed by atoms with Crippen LogP contribution in [0.5, 0.6) is 0 Å². The first-order valence-corrected chi connectivity index (χ1v) is 8.23. The summed E-state index contributed by atoms with van der Waals surface area (Å²) in [5.74, 6) is 1.11. The maximum absolute atomic E-state index is 11.4. The summed E-state index contributed by atoms with van der Waals surface area (Å²) in [6, 6.07) is 10.2. The van der Waals surface area contributed by atoms with Gasteiger partial charge in [-0.15, -0.1) is 0 Å². The van der Waals surface area contributed by atoms with Crippen LogP contribution in [0.1, 0.15) is 31.7 Å². The molecule has 3 nitrogen and oxygen atoms in total. The predicted molar refractivity (Wildman–Crippen MR) is 85.2 cm³/mol. The van der Waals surface area contributed by atoms with Gasteiger partial charge in [-0.3, -0.25) is 4.79 Å². The Morgan fingerprint density at radius 2 is 2.14 bits per heavy atom. The van der Waals surface area contributed by atoms with Gasteiger partial charge in [-0.05, 0) is 36.7 Å². The van der Waals surface area contributed by atoms with Crippen molar-refractivity contribution in [2.24, 2.45) is 17.8 Å². The van der Waals surface area contributed by atoms with Gasteiger partial charge in [-0.2, -0.15) is 0 Å². The van der Waals surface area contributed by atoms with Crippen molar-refractivity contribution >= 4 is 5.97 Å². The van der Waals surface area contributed by atoms with Gasteiger partial charge in [0, 0.05) is 5.92 Å². The number of carbonyl (C=O) groups excluding carboxylic acids is 1. The van der Waals surface area contributed by atoms with Crippen LogP contribution in [0, 0.1) is 17.8 Å². The van der Waals surface area contributed by atoms with Gasteiger partial charge in [0.2, 0.25) is 0 Å². The van der Waals surface area contributed by atoms with Gasteiger partial charge in [0.15, 0.2) is 0 Å². The molecule has 0 amide bonds. The molecule has 2 fully saturated rings. The fraction of sp³-hybridized carbons (Fsp3) is 0.526. The molecule has 1 saturated heterocycles. The molecule has 1 aromatic carbocycles. The quantitative estimate of drug-likeness (QED) is 0.671. The monoisotopic (exact) mass is 300 g/mol. The molecule has 1 aromatic rings. The summed E-state index contributed by atoms with van der Waals surface area (Å²) < 4.78 is 5.36. The van der Waals surface area contributed by atoms with Crippen LogP contribution in [0.15, 0.2) is 42.5 Å². The van der Waals surface area contributed by atoms with E-state index in [4.69, 9.17) is 4.74 Å². The van der Waals surface area contributed by atoms with Gasteiger partial charge >= 0.3 is 5.97 Å². The SMILES string of the molecule is CC1CC2OC(=O)CC2[C@H]1/C=C/[C@@H](O)CCc1ccccc1. The Morgan fingerprint density at radius 3 is 2.91 bits per heavy atom. The lowest BCUT2D eigenvalue weighted by Crippen LogP contribution is -2.14. The fourth-order valence-corrected chi connectivity index (χ4v) is 3.83. The van der Waals surface area contributed by atoms with Gasteiger partial charge in [0.25, 0.3) is 0 Å². The van der Waals surface area contributed by atoms with E-state index in [1.165, 1.54) is 5.56 Å². The van der Waals surface area contributed by atoms with Crippen LogP contribution in [0.3, 0.4) is 0 Å². The lowest BCUT2D eigenvalue weighted by atomic mass is 9.88. The van der Waals surface area contributed by atoms with E-state index in [0.717, 1.165) is 19.3 Å². The second-order valence-corrected chi connectivity index (χ2v) is 6.66. The number of esters is 1. The molecule has 0 bridgehead atoms. The molecule has 22 heavy (non-hydrogen) atoms. The number of hydrogen-bond acceptors (Lipinski definition) is 3. The Balaban J connectivity index is 1.53. The number of carbonyl (C=O) groups is 1. The van der Waals surface area contributed by atoms with Crippen molar-refractivity contribution in [3.05, 3.63) is 48.0 Å². The van der Waals surface area contributed by atoms with Crippen LogP contribution in [0.2, 0.25) is 0 Å². The fourth-order valence-electron chi connectivity index (χ4n) is 3.83. The number of rotatable bonds is 5. The standard InChI is InChI=1S/C19H24O3/c1-13-11-18-17(12-19(21)22-18)16(13)10-9-15(20)8-7-14-5-3-2-4-6-14/h2-6,9-10,13,15-18,20H,7-8,11-12H2,1H3/b10-9+/t13?,15-,16-,17?,18?/m0/s1. The minimum absolute atomic E-state index is 0.0649. The number of fused-ring (bicyclic) bond motifs is 1. The average molecular weight is 300 g/mol. The van der Waals surface area contributed by atoms with Gasteiger partial charge in [-0.25, -0.2) is 0 Å². The van der Waals surface area contributed by atoms with E-state index in [9.17, 15) is 9.90 Å². The van der Waals surface area contributed by atoms with Crippen LogP contribution in [-0.4, -0.2) is 23.3 Å². The van der Waals surface area contributed by atoms with Crippen molar-refractivity contribution in [3.63, 3.8) is 0 Å². The zero-order chi connectivity index (χ0) is 15.5. The third-order valence-electron chi connectivity index (χ3n) is 5.05. The highest BCUT2D eigenvalue weighted by Gasteiger charge is 2.47. The third kappa shape index (κ3) is 3.41. The molecule has 2 aliphatic rings. The minimum atomic E-state index is -0.426. The first-order valence-electron chi connectivity index (χ1n) is 8.23. The van der Waals surface area contributed by atoms with Gasteiger partial charge in [0.05, 0.1) is 12.5 Å². The summed E-state index contributed by atoms with van der Waals surface area (Å²) in [6.45, 7) is 2.21. The molecule has 1 N–H and O–H groups in total. The molecule has 118 valence electrons. The molecule has 3 unspecified atom stereocenters. The molecule has 0 radical (unpaired) electrons. The number of ether oxygens (including phenoxy) is 1. The molecule has 5 atom stereocenters. The summed E-state index contributed by atoms with van der Waals surface area (Å²) in [7, 11) is 0. The Hall–Kier alpha value is -1.61. The lowest BCUT2D eigenvalue weighted by molar-refractivity contribution is -0.141. The van der Waals surface area contributed by atoms with Crippen molar-refractivity contribution in [3.8, 4) is 0 Å². The Bertz CT molecular complexity index is 537. The third-order valence-corrected chi connectivity index (χ3v) is 5.05. The number of allylic oxidation sites excluding steroid dienone is 1. The minimum Gasteiger partial charge on any atom is -0.462 e. The van der Waals surface area contributed by atoms with Crippen molar-refractivity contribution in [2.45, 2.75) is 44.8 Å². The average Bonchev–Trinajstić information content (AvgIpc) is 2.99. The summed E-state index contributed by atoms with van der Waals surface area (Å²) in [4.78, 5) is 11.4. The Morgan fingerprint density at radius 1 is 1.36 bits per heavy atom. The molecular weight excluding hydrogens is 276 g/mol. The highest BCUT2D eigenvalue weighted by molar-refractivity contribution is 5.72. The normalized spacial score (nSPS) is 32.2. The smallest absolute Gasteiger partial charge is 0.306 e. The number of benzene rings is 1. The zero-order valence-electron chi connectivity index (χ0n) is 13.0. The molecular formula is C19H24O3. The summed E-state index contributed by atoms with van der Waals surface area (Å²) in [6.07, 6.45) is 6.78. The number of aliphatic hydroxyl groups is 1. The van der Waals surface area contributed by atoms with Crippen LogP contribution < -0.4 is 0 Å². The second-order valence-electron chi connectivity index (χ2n) is 6.66. The first-order chi connectivity index (χ1) is 10.6. The maximum Gasteiger partial charge on any atom is 0.306 e. The number of hydrogen-bond donors (Lipinski definition) is 1. The van der Waals surface area contributed by atoms with Gasteiger partial charge in [-0.1, -0.05) is 49.4 Å². The van der Waals surface area contributed by atoms with E-state index in [-0.39, 0.29) is 12.1 Å². The van der Waals surface area contributed by atoms with E-state index in [0.29, 0.717) is 24.2 Å². The van der Waals surface area contributed by atoms with E-state index in [1.807, 2.05) is 24.3 Å². The van der Waals surface area contributed by atoms with E-state index in [2.05, 4.69) is 25.1 Å². The van der Waals surface area contributed by atoms with Crippen LogP contribution >= 0.6 is 0 Å². The molecule has 1 aliphatic carbocycles. The summed E-state index contributed by atoms with van der Waals surface area (Å²) >= 11 is 0. The zero-order valence-corrected chi connectivity index (χ0v) is 13.0. The molecule has 0 spiro atoms. The largest absolute Gasteiger partial charge is 0.462 e. The van der Waals surface area contributed by atoms with Crippen molar-refractivity contribution < 1.29 is 14.6 Å². The van der Waals surface area contributed by atoms with Gasteiger partial charge in [0.1, 0.15) is 6.10 Å². The van der Waals surface area contributed by atoms with Crippen molar-refractivity contribution in [1.82, 2.24) is 0 Å². The Kier molecular flexibility index (Phi) is 4.63. The lowest BCUT2D eigenvalue weighted by Gasteiger charge is -2.16. The summed E-state index contributed by atoms with van der Waals surface area (Å²) in [5, 5.41) is 10.2. The Labute approximate surface area is 132 Å². The van der Waals surface area contributed by atoms with E-state index in [1.54, 1.807) is 0 Å². The van der Waals surface area contributed by atoms with Crippen LogP contribution in [-0.2, 0) is 16.0 Å².